The zero-order valence-electron chi connectivity index (χ0n) is 18.5. The van der Waals surface area contributed by atoms with Crippen LogP contribution in [0.1, 0.15) is 41.9 Å². The molecule has 0 saturated carbocycles. The van der Waals surface area contributed by atoms with Crippen LogP contribution < -0.4 is 0 Å². The number of carbonyl (C=O) groups is 2. The standard InChI is InChI=1S/C26H29FN2O3/c1-3-20(2)29(26(31)23-13-7-8-14-24(23)27)19-25(30)28(18-22-12-9-17-32-22)16-15-21-10-5-4-6-11-21/h4-14,17,20H,3,15-16,18-19H2,1-2H3. The van der Waals surface area contributed by atoms with Crippen molar-refractivity contribution < 1.29 is 18.4 Å². The molecule has 0 bridgehead atoms. The van der Waals surface area contributed by atoms with Gasteiger partial charge in [0.1, 0.15) is 18.1 Å². The minimum absolute atomic E-state index is 0.0255. The molecule has 3 rings (SSSR count). The predicted molar refractivity (Wildman–Crippen MR) is 121 cm³/mol. The molecule has 0 aliphatic heterocycles. The summed E-state index contributed by atoms with van der Waals surface area (Å²) in [5.74, 6) is -0.606. The second-order valence-corrected chi connectivity index (χ2v) is 7.80. The van der Waals surface area contributed by atoms with Gasteiger partial charge in [-0.1, -0.05) is 49.4 Å². The summed E-state index contributed by atoms with van der Waals surface area (Å²) in [7, 11) is 0. The fourth-order valence-corrected chi connectivity index (χ4v) is 3.47. The van der Waals surface area contributed by atoms with Crippen molar-refractivity contribution in [2.24, 2.45) is 0 Å². The van der Waals surface area contributed by atoms with Gasteiger partial charge < -0.3 is 14.2 Å². The maximum atomic E-state index is 14.3. The molecule has 1 heterocycles. The van der Waals surface area contributed by atoms with Crippen LogP contribution in [0.15, 0.2) is 77.4 Å². The van der Waals surface area contributed by atoms with E-state index in [-0.39, 0.29) is 24.1 Å². The molecule has 0 aliphatic carbocycles. The van der Waals surface area contributed by atoms with Crippen molar-refractivity contribution in [1.29, 1.82) is 0 Å². The summed E-state index contributed by atoms with van der Waals surface area (Å²) in [5.41, 5.74) is 1.09. The normalized spacial score (nSPS) is 11.7. The summed E-state index contributed by atoms with van der Waals surface area (Å²) in [6, 6.07) is 19.2. The molecule has 1 aromatic heterocycles. The van der Waals surface area contributed by atoms with Gasteiger partial charge in [0.05, 0.1) is 18.4 Å². The van der Waals surface area contributed by atoms with E-state index in [4.69, 9.17) is 4.42 Å². The Bertz CT molecular complexity index is 1000. The number of halogens is 1. The first-order valence-electron chi connectivity index (χ1n) is 10.9. The number of carbonyl (C=O) groups excluding carboxylic acids is 2. The number of rotatable bonds is 10. The van der Waals surface area contributed by atoms with E-state index in [9.17, 15) is 14.0 Å². The largest absolute Gasteiger partial charge is 0.467 e. The molecule has 1 unspecified atom stereocenters. The Hall–Kier alpha value is -3.41. The molecule has 0 fully saturated rings. The Morgan fingerprint density at radius 3 is 2.38 bits per heavy atom. The fourth-order valence-electron chi connectivity index (χ4n) is 3.47. The molecule has 0 aliphatic rings. The van der Waals surface area contributed by atoms with Crippen molar-refractivity contribution in [1.82, 2.24) is 9.80 Å². The summed E-state index contributed by atoms with van der Waals surface area (Å²) >= 11 is 0. The summed E-state index contributed by atoms with van der Waals surface area (Å²) in [4.78, 5) is 29.6. The summed E-state index contributed by atoms with van der Waals surface area (Å²) in [6.45, 7) is 4.46. The van der Waals surface area contributed by atoms with E-state index in [2.05, 4.69) is 0 Å². The van der Waals surface area contributed by atoms with Crippen molar-refractivity contribution in [3.05, 3.63) is 95.7 Å². The molecule has 2 aromatic carbocycles. The van der Waals surface area contributed by atoms with E-state index in [0.717, 1.165) is 5.56 Å². The minimum atomic E-state index is -0.588. The molecular formula is C26H29FN2O3. The zero-order valence-corrected chi connectivity index (χ0v) is 18.5. The lowest BCUT2D eigenvalue weighted by Crippen LogP contribution is -2.47. The number of hydrogen-bond donors (Lipinski definition) is 0. The van der Waals surface area contributed by atoms with Crippen LogP contribution in [0.3, 0.4) is 0 Å². The molecule has 5 nitrogen and oxygen atoms in total. The van der Waals surface area contributed by atoms with Gasteiger partial charge >= 0.3 is 0 Å². The summed E-state index contributed by atoms with van der Waals surface area (Å²) in [6.07, 6.45) is 2.90. The Labute approximate surface area is 188 Å². The first-order valence-corrected chi connectivity index (χ1v) is 10.9. The Morgan fingerprint density at radius 1 is 1.00 bits per heavy atom. The average molecular weight is 437 g/mol. The molecule has 0 radical (unpaired) electrons. The van der Waals surface area contributed by atoms with Crippen LogP contribution in [0, 0.1) is 5.82 Å². The SMILES string of the molecule is CCC(C)N(CC(=O)N(CCc1ccccc1)Cc1ccco1)C(=O)c1ccccc1F. The third-order valence-corrected chi connectivity index (χ3v) is 5.59. The minimum Gasteiger partial charge on any atom is -0.467 e. The van der Waals surface area contributed by atoms with Crippen LogP contribution in [0.5, 0.6) is 0 Å². The highest BCUT2D eigenvalue weighted by atomic mass is 19.1. The first kappa shape index (κ1) is 23.3. The Kier molecular flexibility index (Phi) is 8.20. The molecule has 0 spiro atoms. The summed E-state index contributed by atoms with van der Waals surface area (Å²) < 4.78 is 19.7. The highest BCUT2D eigenvalue weighted by molar-refractivity contribution is 5.97. The van der Waals surface area contributed by atoms with E-state index in [0.29, 0.717) is 31.7 Å². The van der Waals surface area contributed by atoms with Gasteiger partial charge in [-0.15, -0.1) is 0 Å². The molecule has 0 N–H and O–H groups in total. The van der Waals surface area contributed by atoms with Gasteiger partial charge in [-0.2, -0.15) is 0 Å². The number of hydrogen-bond acceptors (Lipinski definition) is 3. The van der Waals surface area contributed by atoms with E-state index in [1.165, 1.54) is 17.0 Å². The van der Waals surface area contributed by atoms with Crippen LogP contribution in [0.2, 0.25) is 0 Å². The van der Waals surface area contributed by atoms with Gasteiger partial charge in [0.2, 0.25) is 5.91 Å². The van der Waals surface area contributed by atoms with Crippen LogP contribution in [-0.2, 0) is 17.8 Å². The first-order chi connectivity index (χ1) is 15.5. The monoisotopic (exact) mass is 436 g/mol. The van der Waals surface area contributed by atoms with Gasteiger partial charge in [-0.25, -0.2) is 4.39 Å². The van der Waals surface area contributed by atoms with Crippen LogP contribution >= 0.6 is 0 Å². The van der Waals surface area contributed by atoms with Crippen molar-refractivity contribution in [2.45, 2.75) is 39.3 Å². The third-order valence-electron chi connectivity index (χ3n) is 5.59. The quantitative estimate of drug-likeness (QED) is 0.453. The molecule has 32 heavy (non-hydrogen) atoms. The maximum absolute atomic E-state index is 14.3. The van der Waals surface area contributed by atoms with Crippen molar-refractivity contribution in [2.75, 3.05) is 13.1 Å². The van der Waals surface area contributed by atoms with Gasteiger partial charge in [0.15, 0.2) is 0 Å². The Morgan fingerprint density at radius 2 is 1.72 bits per heavy atom. The predicted octanol–water partition coefficient (Wildman–Crippen LogP) is 4.93. The number of benzene rings is 2. The van der Waals surface area contributed by atoms with Crippen LogP contribution in [-0.4, -0.2) is 40.7 Å². The van der Waals surface area contributed by atoms with E-state index < -0.39 is 11.7 Å². The Balaban J connectivity index is 1.78. The zero-order chi connectivity index (χ0) is 22.9. The maximum Gasteiger partial charge on any atom is 0.257 e. The molecule has 3 aromatic rings. The highest BCUT2D eigenvalue weighted by Gasteiger charge is 2.27. The van der Waals surface area contributed by atoms with Gasteiger partial charge in [0.25, 0.3) is 5.91 Å². The smallest absolute Gasteiger partial charge is 0.257 e. The summed E-state index contributed by atoms with van der Waals surface area (Å²) in [5, 5.41) is 0. The van der Waals surface area contributed by atoms with Crippen LogP contribution in [0.4, 0.5) is 4.39 Å². The molecule has 168 valence electrons. The van der Waals surface area contributed by atoms with E-state index in [1.54, 1.807) is 29.4 Å². The molecular weight excluding hydrogens is 407 g/mol. The van der Waals surface area contributed by atoms with E-state index in [1.807, 2.05) is 50.2 Å². The van der Waals surface area contributed by atoms with E-state index >= 15 is 0 Å². The van der Waals surface area contributed by atoms with Crippen molar-refractivity contribution >= 4 is 11.8 Å². The van der Waals surface area contributed by atoms with Gasteiger partial charge in [0, 0.05) is 12.6 Å². The highest BCUT2D eigenvalue weighted by Crippen LogP contribution is 2.16. The number of nitrogens with zero attached hydrogens (tertiary/aromatic N) is 2. The second kappa shape index (κ2) is 11.3. The lowest BCUT2D eigenvalue weighted by atomic mass is 10.1. The fraction of sp³-hybridized carbons (Fsp3) is 0.308. The van der Waals surface area contributed by atoms with Gasteiger partial charge in [-0.3, -0.25) is 9.59 Å². The van der Waals surface area contributed by atoms with Crippen LogP contribution in [0.25, 0.3) is 0 Å². The van der Waals surface area contributed by atoms with Crippen molar-refractivity contribution in [3.8, 4) is 0 Å². The lowest BCUT2D eigenvalue weighted by molar-refractivity contribution is -0.133. The average Bonchev–Trinajstić information content (AvgIpc) is 3.33. The topological polar surface area (TPSA) is 53.8 Å². The van der Waals surface area contributed by atoms with Gasteiger partial charge in [-0.05, 0) is 49.6 Å². The molecule has 0 saturated heterocycles. The number of amides is 2. The third kappa shape index (κ3) is 6.06. The lowest BCUT2D eigenvalue weighted by Gasteiger charge is -2.31. The molecule has 1 atom stereocenters. The second-order valence-electron chi connectivity index (χ2n) is 7.80. The molecule has 6 heteroatoms. The molecule has 2 amide bonds. The number of furan rings is 1. The van der Waals surface area contributed by atoms with Crippen molar-refractivity contribution in [3.63, 3.8) is 0 Å².